The van der Waals surface area contributed by atoms with Gasteiger partial charge in [-0.05, 0) is 30.5 Å². The molecule has 0 unspecified atom stereocenters. The lowest BCUT2D eigenvalue weighted by Crippen LogP contribution is -2.23. The first-order valence-corrected chi connectivity index (χ1v) is 6.44. The van der Waals surface area contributed by atoms with E-state index < -0.39 is 5.82 Å². The number of halogens is 1. The van der Waals surface area contributed by atoms with Crippen LogP contribution in [0.25, 0.3) is 11.1 Å². The fraction of sp³-hybridized carbons (Fsp3) is 0.125. The second kappa shape index (κ2) is 6.28. The standard InChI is InChI=1S/C16H18FN3O/c1-3-20(10-18)11-7-8-15(21-2)13(9-11)12-5-4-6-14(19)16(12)17/h3-9H,1,10,18-19H2,2H3. The van der Waals surface area contributed by atoms with E-state index in [4.69, 9.17) is 16.2 Å². The summed E-state index contributed by atoms with van der Waals surface area (Å²) in [4.78, 5) is 1.74. The number of hydrogen-bond acceptors (Lipinski definition) is 4. The average molecular weight is 287 g/mol. The fourth-order valence-electron chi connectivity index (χ4n) is 2.13. The Morgan fingerprint density at radius 3 is 2.67 bits per heavy atom. The first-order valence-electron chi connectivity index (χ1n) is 6.44. The van der Waals surface area contributed by atoms with Crippen molar-refractivity contribution < 1.29 is 9.13 Å². The predicted octanol–water partition coefficient (Wildman–Crippen LogP) is 2.95. The van der Waals surface area contributed by atoms with Gasteiger partial charge in [0.1, 0.15) is 5.75 Å². The van der Waals surface area contributed by atoms with Gasteiger partial charge in [0, 0.05) is 16.8 Å². The van der Waals surface area contributed by atoms with Crippen molar-refractivity contribution in [1.82, 2.24) is 0 Å². The zero-order chi connectivity index (χ0) is 15.4. The monoisotopic (exact) mass is 287 g/mol. The van der Waals surface area contributed by atoms with Crippen molar-refractivity contribution in [3.8, 4) is 16.9 Å². The van der Waals surface area contributed by atoms with E-state index in [0.717, 1.165) is 5.69 Å². The second-order valence-electron chi connectivity index (χ2n) is 4.43. The molecule has 0 fully saturated rings. The molecule has 0 aromatic heterocycles. The number of nitrogens with two attached hydrogens (primary N) is 2. The zero-order valence-corrected chi connectivity index (χ0v) is 11.8. The molecule has 0 bridgehead atoms. The van der Waals surface area contributed by atoms with Crippen molar-refractivity contribution in [1.29, 1.82) is 0 Å². The maximum Gasteiger partial charge on any atom is 0.154 e. The fourth-order valence-corrected chi connectivity index (χ4v) is 2.13. The number of benzene rings is 2. The Balaban J connectivity index is 2.62. The minimum absolute atomic E-state index is 0.0966. The number of anilines is 2. The highest BCUT2D eigenvalue weighted by Crippen LogP contribution is 2.36. The third kappa shape index (κ3) is 2.83. The van der Waals surface area contributed by atoms with Crippen molar-refractivity contribution in [2.75, 3.05) is 24.4 Å². The van der Waals surface area contributed by atoms with Crippen LogP contribution < -0.4 is 21.1 Å². The first-order chi connectivity index (χ1) is 10.1. The third-order valence-corrected chi connectivity index (χ3v) is 3.25. The number of rotatable bonds is 5. The van der Waals surface area contributed by atoms with E-state index in [-0.39, 0.29) is 12.4 Å². The molecule has 110 valence electrons. The van der Waals surface area contributed by atoms with Crippen LogP contribution in [-0.4, -0.2) is 13.8 Å². The summed E-state index contributed by atoms with van der Waals surface area (Å²) in [6.45, 7) is 3.98. The summed E-state index contributed by atoms with van der Waals surface area (Å²) >= 11 is 0. The molecule has 0 saturated heterocycles. The lowest BCUT2D eigenvalue weighted by Gasteiger charge is -2.20. The molecule has 0 spiro atoms. The van der Waals surface area contributed by atoms with E-state index in [1.807, 2.05) is 6.07 Å². The van der Waals surface area contributed by atoms with Gasteiger partial charge in [-0.25, -0.2) is 4.39 Å². The lowest BCUT2D eigenvalue weighted by atomic mass is 10.0. The molecule has 0 amide bonds. The summed E-state index contributed by atoms with van der Waals surface area (Å²) in [6, 6.07) is 10.3. The Morgan fingerprint density at radius 2 is 2.05 bits per heavy atom. The normalized spacial score (nSPS) is 10.2. The van der Waals surface area contributed by atoms with Crippen LogP contribution in [-0.2, 0) is 0 Å². The highest BCUT2D eigenvalue weighted by Gasteiger charge is 2.14. The van der Waals surface area contributed by atoms with Crippen LogP contribution in [0.2, 0.25) is 0 Å². The molecule has 21 heavy (non-hydrogen) atoms. The molecule has 0 aliphatic heterocycles. The molecule has 4 N–H and O–H groups in total. The largest absolute Gasteiger partial charge is 0.496 e. The zero-order valence-electron chi connectivity index (χ0n) is 11.8. The highest BCUT2D eigenvalue weighted by molar-refractivity contribution is 5.77. The number of methoxy groups -OCH3 is 1. The average Bonchev–Trinajstić information content (AvgIpc) is 2.51. The van der Waals surface area contributed by atoms with E-state index in [1.165, 1.54) is 13.2 Å². The number of nitrogens with zero attached hydrogens (tertiary/aromatic N) is 1. The molecule has 0 aliphatic rings. The topological polar surface area (TPSA) is 64.5 Å². The minimum atomic E-state index is -0.467. The van der Waals surface area contributed by atoms with Gasteiger partial charge in [-0.2, -0.15) is 0 Å². The summed E-state index contributed by atoms with van der Waals surface area (Å²) in [7, 11) is 1.54. The van der Waals surface area contributed by atoms with Gasteiger partial charge in [-0.1, -0.05) is 18.7 Å². The molecule has 0 radical (unpaired) electrons. The van der Waals surface area contributed by atoms with Crippen LogP contribution in [0.15, 0.2) is 49.2 Å². The van der Waals surface area contributed by atoms with Crippen molar-refractivity contribution in [3.63, 3.8) is 0 Å². The maximum absolute atomic E-state index is 14.3. The molecule has 0 atom stereocenters. The Hall–Kier alpha value is -2.53. The predicted molar refractivity (Wildman–Crippen MR) is 84.5 cm³/mol. The molecular weight excluding hydrogens is 269 g/mol. The SMILES string of the molecule is C=CN(CN)c1ccc(OC)c(-c2cccc(N)c2F)c1. The van der Waals surface area contributed by atoms with Crippen LogP contribution in [0.4, 0.5) is 15.8 Å². The van der Waals surface area contributed by atoms with Gasteiger partial charge in [0.15, 0.2) is 5.82 Å². The summed E-state index contributed by atoms with van der Waals surface area (Å²) in [5.74, 6) is 0.0927. The number of nitrogen functional groups attached to an aromatic ring is 1. The third-order valence-electron chi connectivity index (χ3n) is 3.25. The molecule has 0 aliphatic carbocycles. The summed E-state index contributed by atoms with van der Waals surface area (Å²) in [5, 5.41) is 0. The summed E-state index contributed by atoms with van der Waals surface area (Å²) in [6.07, 6.45) is 1.61. The molecule has 4 nitrogen and oxygen atoms in total. The van der Waals surface area contributed by atoms with Crippen LogP contribution in [0.5, 0.6) is 5.75 Å². The summed E-state index contributed by atoms with van der Waals surface area (Å²) < 4.78 is 19.6. The molecular formula is C16H18FN3O. The van der Waals surface area contributed by atoms with Gasteiger partial charge < -0.3 is 21.1 Å². The van der Waals surface area contributed by atoms with Crippen molar-refractivity contribution in [2.24, 2.45) is 5.73 Å². The minimum Gasteiger partial charge on any atom is -0.496 e. The number of ether oxygens (including phenoxy) is 1. The Morgan fingerprint density at radius 1 is 1.29 bits per heavy atom. The maximum atomic E-state index is 14.3. The Labute approximate surface area is 123 Å². The molecule has 0 saturated carbocycles. The van der Waals surface area contributed by atoms with Gasteiger partial charge >= 0.3 is 0 Å². The van der Waals surface area contributed by atoms with Gasteiger partial charge in [0.05, 0.1) is 19.5 Å². The molecule has 2 aromatic rings. The van der Waals surface area contributed by atoms with Crippen molar-refractivity contribution in [2.45, 2.75) is 0 Å². The van der Waals surface area contributed by atoms with Gasteiger partial charge in [-0.3, -0.25) is 0 Å². The van der Waals surface area contributed by atoms with E-state index >= 15 is 0 Å². The van der Waals surface area contributed by atoms with Crippen molar-refractivity contribution in [3.05, 3.63) is 55.0 Å². The highest BCUT2D eigenvalue weighted by atomic mass is 19.1. The number of hydrogen-bond donors (Lipinski definition) is 2. The van der Waals surface area contributed by atoms with E-state index in [9.17, 15) is 4.39 Å². The second-order valence-corrected chi connectivity index (χ2v) is 4.43. The smallest absolute Gasteiger partial charge is 0.154 e. The van der Waals surface area contributed by atoms with E-state index in [2.05, 4.69) is 6.58 Å². The molecule has 2 aromatic carbocycles. The van der Waals surface area contributed by atoms with Gasteiger partial charge in [0.25, 0.3) is 0 Å². The lowest BCUT2D eigenvalue weighted by molar-refractivity contribution is 0.416. The van der Waals surface area contributed by atoms with Gasteiger partial charge in [-0.15, -0.1) is 0 Å². The molecule has 2 rings (SSSR count). The molecule has 5 heteroatoms. The van der Waals surface area contributed by atoms with Crippen LogP contribution in [0.3, 0.4) is 0 Å². The molecule has 0 heterocycles. The van der Waals surface area contributed by atoms with E-state index in [1.54, 1.807) is 35.4 Å². The van der Waals surface area contributed by atoms with E-state index in [0.29, 0.717) is 16.9 Å². The first kappa shape index (κ1) is 14.9. The van der Waals surface area contributed by atoms with Gasteiger partial charge in [0.2, 0.25) is 0 Å². The quantitative estimate of drug-likeness (QED) is 0.655. The Kier molecular flexibility index (Phi) is 4.45. The van der Waals surface area contributed by atoms with Crippen molar-refractivity contribution >= 4 is 11.4 Å². The van der Waals surface area contributed by atoms with Crippen LogP contribution in [0.1, 0.15) is 0 Å². The summed E-state index contributed by atoms with van der Waals surface area (Å²) in [5.41, 5.74) is 13.2. The van der Waals surface area contributed by atoms with Crippen LogP contribution >= 0.6 is 0 Å². The Bertz CT molecular complexity index is 658. The van der Waals surface area contributed by atoms with Crippen LogP contribution in [0, 0.1) is 5.82 Å².